The van der Waals surface area contributed by atoms with Crippen LogP contribution in [0, 0.1) is 0 Å². The number of hydrogen-bond acceptors (Lipinski definition) is 3. The summed E-state index contributed by atoms with van der Waals surface area (Å²) in [5.41, 5.74) is -0.278. The van der Waals surface area contributed by atoms with Gasteiger partial charge in [0.15, 0.2) is 0 Å². The third-order valence-electron chi connectivity index (χ3n) is 2.45. The minimum Gasteiger partial charge on any atom is -0.394 e. The van der Waals surface area contributed by atoms with Crippen LogP contribution in [0.2, 0.25) is 8.67 Å². The van der Waals surface area contributed by atoms with Crippen molar-refractivity contribution in [3.8, 4) is 0 Å². The molecule has 0 spiro atoms. The van der Waals surface area contributed by atoms with Crippen molar-refractivity contribution in [2.24, 2.45) is 0 Å². The Balaban J connectivity index is 2.84. The van der Waals surface area contributed by atoms with Crippen molar-refractivity contribution < 1.29 is 9.90 Å². The molecule has 1 unspecified atom stereocenters. The van der Waals surface area contributed by atoms with E-state index in [9.17, 15) is 9.90 Å². The van der Waals surface area contributed by atoms with Crippen molar-refractivity contribution in [2.75, 3.05) is 6.61 Å². The fraction of sp³-hybridized carbons (Fsp3) is 0.500. The summed E-state index contributed by atoms with van der Waals surface area (Å²) in [6, 6.07) is 1.53. The molecule has 1 aromatic heterocycles. The van der Waals surface area contributed by atoms with Crippen LogP contribution < -0.4 is 5.32 Å². The van der Waals surface area contributed by atoms with Crippen LogP contribution in [0.1, 0.15) is 30.6 Å². The van der Waals surface area contributed by atoms with Gasteiger partial charge in [0.2, 0.25) is 0 Å². The smallest absolute Gasteiger partial charge is 0.254 e. The lowest BCUT2D eigenvalue weighted by molar-refractivity contribution is 0.0848. The summed E-state index contributed by atoms with van der Waals surface area (Å²) in [6.07, 6.45) is 0.630. The molecular formula is C10H13Cl2NO2S. The molecule has 1 heterocycles. The van der Waals surface area contributed by atoms with Crippen molar-refractivity contribution >= 4 is 40.4 Å². The molecule has 1 amide bonds. The number of halogens is 2. The second kappa shape index (κ2) is 5.36. The van der Waals surface area contributed by atoms with E-state index in [1.54, 1.807) is 6.92 Å². The largest absolute Gasteiger partial charge is 0.394 e. The van der Waals surface area contributed by atoms with Gasteiger partial charge in [-0.25, -0.2) is 0 Å². The lowest BCUT2D eigenvalue weighted by Gasteiger charge is -2.26. The van der Waals surface area contributed by atoms with Crippen LogP contribution in [-0.4, -0.2) is 23.2 Å². The topological polar surface area (TPSA) is 49.3 Å². The number of aliphatic hydroxyl groups is 1. The molecule has 0 saturated carbocycles. The predicted octanol–water partition coefficient (Wildman–Crippen LogP) is 2.95. The summed E-state index contributed by atoms with van der Waals surface area (Å²) in [7, 11) is 0. The lowest BCUT2D eigenvalue weighted by Crippen LogP contribution is -2.48. The molecule has 0 bridgehead atoms. The van der Waals surface area contributed by atoms with E-state index in [0.29, 0.717) is 20.7 Å². The number of thiophene rings is 1. The van der Waals surface area contributed by atoms with Gasteiger partial charge in [-0.15, -0.1) is 11.3 Å². The molecule has 1 atom stereocenters. The first-order valence-electron chi connectivity index (χ1n) is 4.80. The first-order valence-corrected chi connectivity index (χ1v) is 6.37. The summed E-state index contributed by atoms with van der Waals surface area (Å²) in [4.78, 5) is 11.9. The number of carbonyl (C=O) groups excluding carboxylic acids is 1. The molecule has 1 aromatic rings. The maximum atomic E-state index is 11.9. The molecule has 90 valence electrons. The molecule has 6 heteroatoms. The second-order valence-corrected chi connectivity index (χ2v) is 6.05. The van der Waals surface area contributed by atoms with Crippen LogP contribution in [0.5, 0.6) is 0 Å². The summed E-state index contributed by atoms with van der Waals surface area (Å²) < 4.78 is 0.830. The highest BCUT2D eigenvalue weighted by atomic mass is 35.5. The van der Waals surface area contributed by atoms with E-state index in [1.807, 2.05) is 6.92 Å². The standard InChI is InChI=1S/C10H13Cl2NO2S/c1-3-10(2,5-14)13-9(15)6-4-7(11)16-8(6)12/h4,14H,3,5H2,1-2H3,(H,13,15). The Hall–Kier alpha value is -0.290. The molecule has 0 aliphatic heterocycles. The minimum absolute atomic E-state index is 0.120. The zero-order valence-electron chi connectivity index (χ0n) is 9.01. The summed E-state index contributed by atoms with van der Waals surface area (Å²) in [5, 5.41) is 11.9. The molecule has 3 nitrogen and oxygen atoms in total. The third kappa shape index (κ3) is 3.10. The van der Waals surface area contributed by atoms with Gasteiger partial charge in [-0.2, -0.15) is 0 Å². The van der Waals surface area contributed by atoms with E-state index < -0.39 is 5.54 Å². The summed E-state index contributed by atoms with van der Waals surface area (Å²) >= 11 is 12.8. The van der Waals surface area contributed by atoms with Gasteiger partial charge >= 0.3 is 0 Å². The van der Waals surface area contributed by atoms with E-state index in [0.717, 1.165) is 11.3 Å². The Labute approximate surface area is 108 Å². The summed E-state index contributed by atoms with van der Waals surface area (Å²) in [6.45, 7) is 3.54. The minimum atomic E-state index is -0.630. The van der Waals surface area contributed by atoms with Crippen molar-refractivity contribution in [2.45, 2.75) is 25.8 Å². The van der Waals surface area contributed by atoms with E-state index in [-0.39, 0.29) is 12.5 Å². The van der Waals surface area contributed by atoms with Crippen LogP contribution in [0.15, 0.2) is 6.07 Å². The molecule has 0 aliphatic carbocycles. The first-order chi connectivity index (χ1) is 7.41. The average Bonchev–Trinajstić information content (AvgIpc) is 2.57. The fourth-order valence-electron chi connectivity index (χ4n) is 1.08. The highest BCUT2D eigenvalue weighted by Gasteiger charge is 2.25. The fourth-order valence-corrected chi connectivity index (χ4v) is 2.53. The summed E-state index contributed by atoms with van der Waals surface area (Å²) in [5.74, 6) is -0.313. The SMILES string of the molecule is CCC(C)(CO)NC(=O)c1cc(Cl)sc1Cl. The monoisotopic (exact) mass is 281 g/mol. The lowest BCUT2D eigenvalue weighted by atomic mass is 10.00. The normalized spacial score (nSPS) is 14.6. The molecular weight excluding hydrogens is 269 g/mol. The van der Waals surface area contributed by atoms with Crippen LogP contribution in [0.4, 0.5) is 0 Å². The predicted molar refractivity (Wildman–Crippen MR) is 67.6 cm³/mol. The van der Waals surface area contributed by atoms with Gasteiger partial charge in [-0.05, 0) is 19.4 Å². The van der Waals surface area contributed by atoms with E-state index in [2.05, 4.69) is 5.32 Å². The zero-order chi connectivity index (χ0) is 12.3. The highest BCUT2D eigenvalue weighted by molar-refractivity contribution is 7.20. The Morgan fingerprint density at radius 1 is 1.62 bits per heavy atom. The molecule has 16 heavy (non-hydrogen) atoms. The number of nitrogens with one attached hydrogen (secondary N) is 1. The quantitative estimate of drug-likeness (QED) is 0.892. The first kappa shape index (κ1) is 13.8. The van der Waals surface area contributed by atoms with E-state index >= 15 is 0 Å². The van der Waals surface area contributed by atoms with Crippen LogP contribution in [-0.2, 0) is 0 Å². The maximum Gasteiger partial charge on any atom is 0.254 e. The Kier molecular flexibility index (Phi) is 4.62. The molecule has 2 N–H and O–H groups in total. The molecule has 0 aliphatic rings. The van der Waals surface area contributed by atoms with Crippen LogP contribution in [0.3, 0.4) is 0 Å². The van der Waals surface area contributed by atoms with Gasteiger partial charge in [-0.3, -0.25) is 4.79 Å². The molecule has 0 fully saturated rings. The van der Waals surface area contributed by atoms with E-state index in [1.165, 1.54) is 6.07 Å². The Morgan fingerprint density at radius 2 is 2.25 bits per heavy atom. The Bertz CT molecular complexity index is 388. The van der Waals surface area contributed by atoms with Crippen LogP contribution in [0.25, 0.3) is 0 Å². The number of amides is 1. The van der Waals surface area contributed by atoms with Crippen molar-refractivity contribution in [3.05, 3.63) is 20.3 Å². The third-order valence-corrected chi connectivity index (χ3v) is 3.93. The maximum absolute atomic E-state index is 11.9. The molecule has 1 rings (SSSR count). The van der Waals surface area contributed by atoms with Gasteiger partial charge in [-0.1, -0.05) is 30.1 Å². The average molecular weight is 282 g/mol. The van der Waals surface area contributed by atoms with Crippen molar-refractivity contribution in [1.82, 2.24) is 5.32 Å². The van der Waals surface area contributed by atoms with Gasteiger partial charge < -0.3 is 10.4 Å². The second-order valence-electron chi connectivity index (χ2n) is 3.76. The zero-order valence-corrected chi connectivity index (χ0v) is 11.3. The van der Waals surface area contributed by atoms with Crippen molar-refractivity contribution in [1.29, 1.82) is 0 Å². The van der Waals surface area contributed by atoms with E-state index in [4.69, 9.17) is 23.2 Å². The highest BCUT2D eigenvalue weighted by Crippen LogP contribution is 2.31. The molecule has 0 radical (unpaired) electrons. The number of aliphatic hydroxyl groups excluding tert-OH is 1. The number of hydrogen-bond donors (Lipinski definition) is 2. The van der Waals surface area contributed by atoms with Crippen LogP contribution >= 0.6 is 34.5 Å². The molecule has 0 aromatic carbocycles. The van der Waals surface area contributed by atoms with Gasteiger partial charge in [0.05, 0.1) is 22.0 Å². The Morgan fingerprint density at radius 3 is 2.62 bits per heavy atom. The van der Waals surface area contributed by atoms with Gasteiger partial charge in [0.1, 0.15) is 4.34 Å². The van der Waals surface area contributed by atoms with Gasteiger partial charge in [0.25, 0.3) is 5.91 Å². The number of rotatable bonds is 4. The number of carbonyl (C=O) groups is 1. The molecule has 0 saturated heterocycles. The van der Waals surface area contributed by atoms with Crippen molar-refractivity contribution in [3.63, 3.8) is 0 Å². The van der Waals surface area contributed by atoms with Gasteiger partial charge in [0, 0.05) is 0 Å².